The molecule has 10 heavy (non-hydrogen) atoms. The van der Waals surface area contributed by atoms with Gasteiger partial charge in [0.2, 0.25) is 0 Å². The molecule has 4 heteroatoms. The second-order valence-electron chi connectivity index (χ2n) is 1.46. The van der Waals surface area contributed by atoms with Crippen LogP contribution >= 0.6 is 23.5 Å². The van der Waals surface area contributed by atoms with E-state index in [1.807, 2.05) is 10.8 Å². The fraction of sp³-hybridized carbons (Fsp3) is 0.667. The molecule has 0 rings (SSSR count). The predicted octanol–water partition coefficient (Wildman–Crippen LogP) is 0.909. The number of rotatable bonds is 6. The van der Waals surface area contributed by atoms with Crippen molar-refractivity contribution in [2.45, 2.75) is 0 Å². The van der Waals surface area contributed by atoms with Crippen LogP contribution in [0.15, 0.2) is 10.8 Å². The molecular weight excluding hydrogens is 168 g/mol. The maximum absolute atomic E-state index is 8.37. The summed E-state index contributed by atoms with van der Waals surface area (Å²) in [7, 11) is 0. The summed E-state index contributed by atoms with van der Waals surface area (Å²) < 4.78 is 0. The lowest BCUT2D eigenvalue weighted by Gasteiger charge is -1.89. The number of aliphatic hydroxyl groups excluding tert-OH is 2. The molecule has 2 N–H and O–H groups in total. The van der Waals surface area contributed by atoms with Crippen LogP contribution in [-0.4, -0.2) is 34.9 Å². The van der Waals surface area contributed by atoms with E-state index in [-0.39, 0.29) is 13.2 Å². The average Bonchev–Trinajstić information content (AvgIpc) is 1.97. The first-order chi connectivity index (χ1) is 4.91. The highest BCUT2D eigenvalue weighted by Gasteiger charge is 1.80. The Kier molecular flexibility index (Phi) is 9.70. The minimum absolute atomic E-state index is 0.222. The maximum atomic E-state index is 8.37. The van der Waals surface area contributed by atoms with Crippen LogP contribution in [0.3, 0.4) is 0 Å². The minimum Gasteiger partial charge on any atom is -0.396 e. The van der Waals surface area contributed by atoms with E-state index in [1.54, 1.807) is 23.5 Å². The van der Waals surface area contributed by atoms with Crippen LogP contribution in [0.25, 0.3) is 0 Å². The van der Waals surface area contributed by atoms with Crippen molar-refractivity contribution in [1.29, 1.82) is 0 Å². The Morgan fingerprint density at radius 2 is 1.30 bits per heavy atom. The standard InChI is InChI=1S/C6H12O2S2/c7-1-3-9-5-6-10-4-2-8/h5-8H,1-4H2. The molecule has 0 aromatic rings. The second kappa shape index (κ2) is 9.36. The average molecular weight is 180 g/mol. The van der Waals surface area contributed by atoms with Gasteiger partial charge in [0.25, 0.3) is 0 Å². The SMILES string of the molecule is OCCSC=CSCCO. The second-order valence-corrected chi connectivity index (χ2v) is 3.49. The smallest absolute Gasteiger partial charge is 0.0525 e. The van der Waals surface area contributed by atoms with E-state index in [0.717, 1.165) is 11.5 Å². The van der Waals surface area contributed by atoms with Crippen LogP contribution in [0.1, 0.15) is 0 Å². The molecule has 0 saturated heterocycles. The van der Waals surface area contributed by atoms with Crippen molar-refractivity contribution in [3.63, 3.8) is 0 Å². The number of thioether (sulfide) groups is 2. The highest BCUT2D eigenvalue weighted by molar-refractivity contribution is 8.05. The minimum atomic E-state index is 0.222. The summed E-state index contributed by atoms with van der Waals surface area (Å²) in [5, 5.41) is 20.6. The van der Waals surface area contributed by atoms with E-state index in [9.17, 15) is 0 Å². The monoisotopic (exact) mass is 180 g/mol. The van der Waals surface area contributed by atoms with Gasteiger partial charge in [-0.25, -0.2) is 0 Å². The van der Waals surface area contributed by atoms with Gasteiger partial charge in [0.1, 0.15) is 0 Å². The Morgan fingerprint density at radius 1 is 0.900 bits per heavy atom. The van der Waals surface area contributed by atoms with Gasteiger partial charge < -0.3 is 10.2 Å². The quantitative estimate of drug-likeness (QED) is 0.596. The highest BCUT2D eigenvalue weighted by Crippen LogP contribution is 2.07. The lowest BCUT2D eigenvalue weighted by molar-refractivity contribution is 0.322. The van der Waals surface area contributed by atoms with Crippen molar-refractivity contribution in [2.75, 3.05) is 24.7 Å². The predicted molar refractivity (Wildman–Crippen MR) is 48.2 cm³/mol. The summed E-state index contributed by atoms with van der Waals surface area (Å²) in [5.41, 5.74) is 0. The lowest BCUT2D eigenvalue weighted by atomic mass is 10.9. The van der Waals surface area contributed by atoms with Crippen molar-refractivity contribution in [3.8, 4) is 0 Å². The molecule has 0 unspecified atom stereocenters. The largest absolute Gasteiger partial charge is 0.396 e. The van der Waals surface area contributed by atoms with E-state index >= 15 is 0 Å². The summed E-state index contributed by atoms with van der Waals surface area (Å²) >= 11 is 3.14. The van der Waals surface area contributed by atoms with E-state index in [0.29, 0.717) is 0 Å². The first-order valence-electron chi connectivity index (χ1n) is 3.01. The molecule has 0 bridgehead atoms. The zero-order valence-corrected chi connectivity index (χ0v) is 7.33. The molecule has 60 valence electrons. The maximum Gasteiger partial charge on any atom is 0.0525 e. The third-order valence-corrected chi connectivity index (χ3v) is 2.33. The van der Waals surface area contributed by atoms with Gasteiger partial charge in [-0.3, -0.25) is 0 Å². The van der Waals surface area contributed by atoms with E-state index in [2.05, 4.69) is 0 Å². The molecule has 0 aliphatic carbocycles. The molecule has 0 aromatic carbocycles. The molecule has 0 amide bonds. The van der Waals surface area contributed by atoms with E-state index in [1.165, 1.54) is 0 Å². The fourth-order valence-corrected chi connectivity index (χ4v) is 1.43. The van der Waals surface area contributed by atoms with Crippen LogP contribution < -0.4 is 0 Å². The fourth-order valence-electron chi connectivity index (χ4n) is 0.320. The molecule has 0 aliphatic heterocycles. The van der Waals surface area contributed by atoms with E-state index in [4.69, 9.17) is 10.2 Å². The molecule has 0 radical (unpaired) electrons. The molecule has 0 heterocycles. The van der Waals surface area contributed by atoms with Crippen LogP contribution in [0.5, 0.6) is 0 Å². The number of hydrogen-bond donors (Lipinski definition) is 2. The van der Waals surface area contributed by atoms with Crippen molar-refractivity contribution in [2.24, 2.45) is 0 Å². The van der Waals surface area contributed by atoms with Gasteiger partial charge >= 0.3 is 0 Å². The Morgan fingerprint density at radius 3 is 1.60 bits per heavy atom. The number of aliphatic hydroxyl groups is 2. The molecule has 0 aliphatic rings. The molecule has 0 spiro atoms. The van der Waals surface area contributed by atoms with Crippen molar-refractivity contribution < 1.29 is 10.2 Å². The van der Waals surface area contributed by atoms with Gasteiger partial charge in [0.05, 0.1) is 13.2 Å². The van der Waals surface area contributed by atoms with Crippen LogP contribution in [0.2, 0.25) is 0 Å². The van der Waals surface area contributed by atoms with Gasteiger partial charge in [0, 0.05) is 11.5 Å². The third-order valence-electron chi connectivity index (χ3n) is 0.666. The van der Waals surface area contributed by atoms with Crippen LogP contribution in [0.4, 0.5) is 0 Å². The zero-order chi connectivity index (χ0) is 7.66. The Labute approximate surface area is 69.7 Å². The molecule has 0 saturated carbocycles. The number of hydrogen-bond acceptors (Lipinski definition) is 4. The van der Waals surface area contributed by atoms with E-state index < -0.39 is 0 Å². The highest BCUT2D eigenvalue weighted by atomic mass is 32.2. The van der Waals surface area contributed by atoms with Gasteiger partial charge in [-0.1, -0.05) is 0 Å². The Hall–Kier alpha value is 0.360. The molecule has 0 aromatic heterocycles. The molecule has 2 nitrogen and oxygen atoms in total. The molecule has 0 atom stereocenters. The first kappa shape index (κ1) is 10.4. The Balaban J connectivity index is 2.89. The van der Waals surface area contributed by atoms with Gasteiger partial charge in [-0.05, 0) is 10.8 Å². The summed E-state index contributed by atoms with van der Waals surface area (Å²) in [6.07, 6.45) is 0. The normalized spacial score (nSPS) is 11.0. The summed E-state index contributed by atoms with van der Waals surface area (Å²) in [6.45, 7) is 0.444. The van der Waals surface area contributed by atoms with Crippen LogP contribution in [-0.2, 0) is 0 Å². The van der Waals surface area contributed by atoms with Crippen molar-refractivity contribution >= 4 is 23.5 Å². The summed E-state index contributed by atoms with van der Waals surface area (Å²) in [6, 6.07) is 0. The zero-order valence-electron chi connectivity index (χ0n) is 5.69. The third kappa shape index (κ3) is 8.36. The van der Waals surface area contributed by atoms with Gasteiger partial charge in [0.15, 0.2) is 0 Å². The van der Waals surface area contributed by atoms with Crippen molar-refractivity contribution in [3.05, 3.63) is 10.8 Å². The van der Waals surface area contributed by atoms with Gasteiger partial charge in [-0.2, -0.15) is 0 Å². The van der Waals surface area contributed by atoms with Crippen molar-refractivity contribution in [1.82, 2.24) is 0 Å². The summed E-state index contributed by atoms with van der Waals surface area (Å²) in [5.74, 6) is 1.49. The lowest BCUT2D eigenvalue weighted by Crippen LogP contribution is -1.82. The topological polar surface area (TPSA) is 40.5 Å². The Bertz CT molecular complexity index is 75.8. The summed E-state index contributed by atoms with van der Waals surface area (Å²) in [4.78, 5) is 0. The van der Waals surface area contributed by atoms with Gasteiger partial charge in [-0.15, -0.1) is 23.5 Å². The molecular formula is C6H12O2S2. The van der Waals surface area contributed by atoms with Crippen LogP contribution in [0, 0.1) is 0 Å². The first-order valence-corrected chi connectivity index (χ1v) is 5.11. The molecule has 0 fully saturated rings.